The highest BCUT2D eigenvalue weighted by Crippen LogP contribution is 2.36. The Kier molecular flexibility index (Phi) is 3.67. The molecule has 0 saturated carbocycles. The summed E-state index contributed by atoms with van der Waals surface area (Å²) in [7, 11) is 1.33. The summed E-state index contributed by atoms with van der Waals surface area (Å²) in [6.45, 7) is 1.48. The Morgan fingerprint density at radius 1 is 1.48 bits per heavy atom. The minimum absolute atomic E-state index is 0.0929. The van der Waals surface area contributed by atoms with Crippen molar-refractivity contribution in [3.63, 3.8) is 0 Å². The number of ether oxygens (including phenoxy) is 1. The SMILES string of the molecule is COC(=O)c1c(NC(=O)c2ncn[nH]2)sc2c1CCNC2. The molecule has 1 amide bonds. The molecular formula is C12H13N5O3S. The highest BCUT2D eigenvalue weighted by atomic mass is 32.1. The van der Waals surface area contributed by atoms with E-state index in [1.807, 2.05) is 0 Å². The summed E-state index contributed by atoms with van der Waals surface area (Å²) < 4.78 is 4.83. The van der Waals surface area contributed by atoms with Crippen LogP contribution in [0.3, 0.4) is 0 Å². The van der Waals surface area contributed by atoms with Crippen LogP contribution < -0.4 is 10.6 Å². The number of nitrogens with one attached hydrogen (secondary N) is 3. The summed E-state index contributed by atoms with van der Waals surface area (Å²) in [5, 5.41) is 12.5. The van der Waals surface area contributed by atoms with E-state index in [2.05, 4.69) is 25.8 Å². The van der Waals surface area contributed by atoms with Crippen LogP contribution in [0.1, 0.15) is 31.4 Å². The molecule has 0 radical (unpaired) electrons. The first-order chi connectivity index (χ1) is 10.2. The van der Waals surface area contributed by atoms with Gasteiger partial charge in [-0.25, -0.2) is 9.78 Å². The predicted octanol–water partition coefficient (Wildman–Crippen LogP) is 0.551. The molecule has 0 aliphatic carbocycles. The molecule has 8 nitrogen and oxygen atoms in total. The minimum Gasteiger partial charge on any atom is -0.465 e. The lowest BCUT2D eigenvalue weighted by Gasteiger charge is -2.13. The Labute approximate surface area is 123 Å². The molecule has 3 N–H and O–H groups in total. The van der Waals surface area contributed by atoms with E-state index >= 15 is 0 Å². The third-order valence-electron chi connectivity index (χ3n) is 3.17. The van der Waals surface area contributed by atoms with Crippen molar-refractivity contribution in [2.45, 2.75) is 13.0 Å². The van der Waals surface area contributed by atoms with Gasteiger partial charge in [-0.3, -0.25) is 9.89 Å². The van der Waals surface area contributed by atoms with Gasteiger partial charge in [0.1, 0.15) is 11.3 Å². The molecule has 0 atom stereocenters. The first-order valence-electron chi connectivity index (χ1n) is 6.31. The number of carbonyl (C=O) groups is 2. The number of H-pyrrole nitrogens is 1. The maximum atomic E-state index is 12.0. The van der Waals surface area contributed by atoms with E-state index in [0.29, 0.717) is 17.1 Å². The fraction of sp³-hybridized carbons (Fsp3) is 0.333. The highest BCUT2D eigenvalue weighted by Gasteiger charge is 2.27. The quantitative estimate of drug-likeness (QED) is 0.715. The number of hydrogen-bond acceptors (Lipinski definition) is 7. The number of aromatic amines is 1. The zero-order chi connectivity index (χ0) is 14.8. The van der Waals surface area contributed by atoms with E-state index in [-0.39, 0.29) is 5.82 Å². The number of aromatic nitrogens is 3. The van der Waals surface area contributed by atoms with Gasteiger partial charge >= 0.3 is 5.97 Å². The van der Waals surface area contributed by atoms with E-state index in [1.165, 1.54) is 24.8 Å². The predicted molar refractivity (Wildman–Crippen MR) is 75.4 cm³/mol. The van der Waals surface area contributed by atoms with Crippen molar-refractivity contribution < 1.29 is 14.3 Å². The van der Waals surface area contributed by atoms with Crippen molar-refractivity contribution in [2.24, 2.45) is 0 Å². The first kappa shape index (κ1) is 13.7. The first-order valence-corrected chi connectivity index (χ1v) is 7.12. The largest absolute Gasteiger partial charge is 0.465 e. The zero-order valence-corrected chi connectivity index (χ0v) is 12.0. The standard InChI is InChI=1S/C12H13N5O3S/c1-20-12(19)8-6-2-3-13-4-7(6)21-11(8)16-10(18)9-14-5-15-17-9/h5,13H,2-4H2,1H3,(H,16,18)(H,14,15,17). The van der Waals surface area contributed by atoms with Crippen LogP contribution in [0.4, 0.5) is 5.00 Å². The van der Waals surface area contributed by atoms with E-state index in [9.17, 15) is 9.59 Å². The molecule has 110 valence electrons. The van der Waals surface area contributed by atoms with Gasteiger partial charge < -0.3 is 15.4 Å². The summed E-state index contributed by atoms with van der Waals surface area (Å²) in [6.07, 6.45) is 1.98. The van der Waals surface area contributed by atoms with Crippen LogP contribution in [0.2, 0.25) is 0 Å². The molecule has 0 bridgehead atoms. The van der Waals surface area contributed by atoms with Gasteiger partial charge in [0.05, 0.1) is 12.7 Å². The van der Waals surface area contributed by atoms with Crippen LogP contribution >= 0.6 is 11.3 Å². The number of fused-ring (bicyclic) bond motifs is 1. The second-order valence-electron chi connectivity index (χ2n) is 4.41. The molecule has 0 saturated heterocycles. The van der Waals surface area contributed by atoms with Gasteiger partial charge in [-0.15, -0.1) is 11.3 Å². The number of nitrogens with zero attached hydrogens (tertiary/aromatic N) is 2. The summed E-state index contributed by atoms with van der Waals surface area (Å²) in [5.41, 5.74) is 1.38. The molecular weight excluding hydrogens is 294 g/mol. The molecule has 1 aliphatic rings. The van der Waals surface area contributed by atoms with E-state index in [4.69, 9.17) is 4.74 Å². The van der Waals surface area contributed by atoms with Crippen LogP contribution in [0, 0.1) is 0 Å². The number of esters is 1. The monoisotopic (exact) mass is 307 g/mol. The van der Waals surface area contributed by atoms with Crippen molar-refractivity contribution in [3.8, 4) is 0 Å². The average Bonchev–Trinajstić information content (AvgIpc) is 3.13. The molecule has 3 rings (SSSR count). The van der Waals surface area contributed by atoms with Gasteiger partial charge in [0.15, 0.2) is 0 Å². The van der Waals surface area contributed by atoms with Crippen molar-refractivity contribution in [2.75, 3.05) is 19.0 Å². The van der Waals surface area contributed by atoms with Gasteiger partial charge in [-0.2, -0.15) is 5.10 Å². The number of hydrogen-bond donors (Lipinski definition) is 3. The molecule has 3 heterocycles. The summed E-state index contributed by atoms with van der Waals surface area (Å²) in [6, 6.07) is 0. The van der Waals surface area contributed by atoms with Crippen molar-refractivity contribution in [1.29, 1.82) is 0 Å². The van der Waals surface area contributed by atoms with Crippen molar-refractivity contribution in [1.82, 2.24) is 20.5 Å². The number of thiophene rings is 1. The van der Waals surface area contributed by atoms with Crippen LogP contribution in [-0.4, -0.2) is 40.7 Å². The smallest absolute Gasteiger partial charge is 0.341 e. The highest BCUT2D eigenvalue weighted by molar-refractivity contribution is 7.17. The van der Waals surface area contributed by atoms with Crippen LogP contribution in [0.25, 0.3) is 0 Å². The summed E-state index contributed by atoms with van der Waals surface area (Å²) >= 11 is 1.37. The van der Waals surface area contributed by atoms with Crippen LogP contribution in [0.15, 0.2) is 6.33 Å². The molecule has 0 spiro atoms. The molecule has 9 heteroatoms. The molecule has 2 aromatic rings. The molecule has 0 fully saturated rings. The Morgan fingerprint density at radius 3 is 3.05 bits per heavy atom. The zero-order valence-electron chi connectivity index (χ0n) is 11.2. The van der Waals surface area contributed by atoms with Crippen molar-refractivity contribution >= 4 is 28.2 Å². The second-order valence-corrected chi connectivity index (χ2v) is 5.52. The lowest BCUT2D eigenvalue weighted by Crippen LogP contribution is -2.23. The molecule has 0 aromatic carbocycles. The van der Waals surface area contributed by atoms with Gasteiger partial charge in [-0.1, -0.05) is 0 Å². The summed E-state index contributed by atoms with van der Waals surface area (Å²) in [5.74, 6) is -0.790. The number of anilines is 1. The number of rotatable bonds is 3. The Hall–Kier alpha value is -2.26. The van der Waals surface area contributed by atoms with Gasteiger partial charge in [-0.05, 0) is 18.5 Å². The van der Waals surface area contributed by atoms with E-state index in [0.717, 1.165) is 23.4 Å². The molecule has 2 aromatic heterocycles. The van der Waals surface area contributed by atoms with E-state index < -0.39 is 11.9 Å². The normalized spacial score (nSPS) is 13.6. The fourth-order valence-electron chi connectivity index (χ4n) is 2.22. The molecule has 21 heavy (non-hydrogen) atoms. The second kappa shape index (κ2) is 5.62. The maximum absolute atomic E-state index is 12.0. The Balaban J connectivity index is 1.95. The maximum Gasteiger partial charge on any atom is 0.341 e. The van der Waals surface area contributed by atoms with Gasteiger partial charge in [0.25, 0.3) is 5.91 Å². The minimum atomic E-state index is -0.442. The lowest BCUT2D eigenvalue weighted by atomic mass is 10.0. The van der Waals surface area contributed by atoms with E-state index in [1.54, 1.807) is 0 Å². The van der Waals surface area contributed by atoms with Crippen molar-refractivity contribution in [3.05, 3.63) is 28.2 Å². The average molecular weight is 307 g/mol. The molecule has 0 unspecified atom stereocenters. The Bertz CT molecular complexity index is 679. The third kappa shape index (κ3) is 2.52. The number of carbonyl (C=O) groups excluding carboxylic acids is 2. The molecule has 1 aliphatic heterocycles. The fourth-order valence-corrected chi connectivity index (χ4v) is 3.42. The lowest BCUT2D eigenvalue weighted by molar-refractivity contribution is 0.0601. The van der Waals surface area contributed by atoms with Gasteiger partial charge in [0, 0.05) is 11.4 Å². The number of amides is 1. The van der Waals surface area contributed by atoms with Crippen LogP contribution in [-0.2, 0) is 17.7 Å². The Morgan fingerprint density at radius 2 is 2.33 bits per heavy atom. The summed E-state index contributed by atoms with van der Waals surface area (Å²) in [4.78, 5) is 28.9. The van der Waals surface area contributed by atoms with Gasteiger partial charge in [0.2, 0.25) is 5.82 Å². The third-order valence-corrected chi connectivity index (χ3v) is 4.32. The van der Waals surface area contributed by atoms with Crippen LogP contribution in [0.5, 0.6) is 0 Å². The topological polar surface area (TPSA) is 109 Å². The number of methoxy groups -OCH3 is 1.